The smallest absolute Gasteiger partial charge is 0.253 e. The zero-order chi connectivity index (χ0) is 7.72. The standard InChI is InChI=1S/C5H7NO3/c7-4-2-1-3-5(8)6(4)9/h9H,1-3H2/i2T. The summed E-state index contributed by atoms with van der Waals surface area (Å²) >= 11 is 0. The molecule has 4 nitrogen and oxygen atoms in total. The molecule has 1 N–H and O–H groups in total. The molecule has 50 valence electrons. The van der Waals surface area contributed by atoms with Gasteiger partial charge in [-0.25, -0.2) is 0 Å². The molecule has 1 heterocycles. The van der Waals surface area contributed by atoms with E-state index in [0.29, 0.717) is 0 Å². The third-order valence-corrected chi connectivity index (χ3v) is 1.12. The van der Waals surface area contributed by atoms with Gasteiger partial charge in [0.15, 0.2) is 0 Å². The van der Waals surface area contributed by atoms with Crippen LogP contribution in [0, 0.1) is 0 Å². The summed E-state index contributed by atoms with van der Waals surface area (Å²) in [4.78, 5) is 21.1. The van der Waals surface area contributed by atoms with E-state index in [1.807, 2.05) is 0 Å². The van der Waals surface area contributed by atoms with Crippen LogP contribution in [-0.4, -0.2) is 22.1 Å². The fourth-order valence-corrected chi connectivity index (χ4v) is 0.634. The van der Waals surface area contributed by atoms with Crippen molar-refractivity contribution in [1.82, 2.24) is 5.06 Å². The predicted molar refractivity (Wildman–Crippen MR) is 27.5 cm³/mol. The van der Waals surface area contributed by atoms with Crippen LogP contribution in [0.25, 0.3) is 0 Å². The second kappa shape index (κ2) is 2.14. The highest BCUT2D eigenvalue weighted by atomic mass is 16.5. The normalized spacial score (nSPS) is 30.6. The maximum Gasteiger partial charge on any atom is 0.253 e. The highest BCUT2D eigenvalue weighted by Gasteiger charge is 2.23. The van der Waals surface area contributed by atoms with Gasteiger partial charge in [0.2, 0.25) is 0 Å². The van der Waals surface area contributed by atoms with Crippen LogP contribution in [0.1, 0.15) is 20.6 Å². The maximum absolute atomic E-state index is 10.6. The van der Waals surface area contributed by atoms with Crippen LogP contribution in [0.5, 0.6) is 0 Å². The van der Waals surface area contributed by atoms with Crippen molar-refractivity contribution in [2.75, 3.05) is 0 Å². The van der Waals surface area contributed by atoms with Crippen LogP contribution >= 0.6 is 0 Å². The Labute approximate surface area is 53.4 Å². The van der Waals surface area contributed by atoms with Crippen molar-refractivity contribution < 1.29 is 16.2 Å². The van der Waals surface area contributed by atoms with E-state index in [-0.39, 0.29) is 17.9 Å². The van der Waals surface area contributed by atoms with Crippen molar-refractivity contribution in [3.05, 3.63) is 0 Å². The van der Waals surface area contributed by atoms with Gasteiger partial charge < -0.3 is 0 Å². The molecular formula is C5H7NO3. The van der Waals surface area contributed by atoms with Crippen LogP contribution in [0.3, 0.4) is 0 Å². The number of rotatable bonds is 0. The second-order valence-corrected chi connectivity index (χ2v) is 1.79. The van der Waals surface area contributed by atoms with Crippen molar-refractivity contribution in [2.24, 2.45) is 0 Å². The minimum Gasteiger partial charge on any atom is -0.279 e. The van der Waals surface area contributed by atoms with Gasteiger partial charge >= 0.3 is 0 Å². The summed E-state index contributed by atoms with van der Waals surface area (Å²) < 4.78 is 6.99. The Morgan fingerprint density at radius 2 is 2.22 bits per heavy atom. The first-order valence-corrected chi connectivity index (χ1v) is 2.61. The van der Waals surface area contributed by atoms with Crippen molar-refractivity contribution in [3.63, 3.8) is 0 Å². The molecule has 0 radical (unpaired) electrons. The summed E-state index contributed by atoms with van der Waals surface area (Å²) in [6, 6.07) is 0. The number of amides is 2. The number of hydroxylamine groups is 2. The molecule has 2 amide bonds. The number of hydrogen-bond acceptors (Lipinski definition) is 3. The maximum atomic E-state index is 10.6. The Morgan fingerprint density at radius 1 is 1.56 bits per heavy atom. The van der Waals surface area contributed by atoms with E-state index in [4.69, 9.17) is 6.58 Å². The fourth-order valence-electron chi connectivity index (χ4n) is 0.634. The van der Waals surface area contributed by atoms with Crippen LogP contribution in [0.15, 0.2) is 0 Å². The molecule has 1 aliphatic rings. The van der Waals surface area contributed by atoms with Crippen LogP contribution in [0.2, 0.25) is 0 Å². The van der Waals surface area contributed by atoms with Crippen molar-refractivity contribution in [3.8, 4) is 0 Å². The Hall–Kier alpha value is -0.900. The van der Waals surface area contributed by atoms with E-state index in [1.54, 1.807) is 0 Å². The molecule has 1 unspecified atom stereocenters. The third kappa shape index (κ3) is 1.08. The SMILES string of the molecule is [3H]C1CCC(=O)N(O)C1=O. The van der Waals surface area contributed by atoms with E-state index in [1.165, 1.54) is 0 Å². The van der Waals surface area contributed by atoms with Gasteiger partial charge in [0.05, 0.1) is 0 Å². The third-order valence-electron chi connectivity index (χ3n) is 1.12. The summed E-state index contributed by atoms with van der Waals surface area (Å²) in [5.41, 5.74) is 0. The zero-order valence-corrected chi connectivity index (χ0v) is 4.70. The number of nitrogens with zero attached hydrogens (tertiary/aromatic N) is 1. The minimum absolute atomic E-state index is 0.0289. The fraction of sp³-hybridized carbons (Fsp3) is 0.600. The lowest BCUT2D eigenvalue weighted by Gasteiger charge is -2.16. The summed E-state index contributed by atoms with van der Waals surface area (Å²) in [6.45, 7) is 0. The average molecular weight is 131 g/mol. The first kappa shape index (κ1) is 4.93. The number of imide groups is 1. The molecule has 4 heteroatoms. The van der Waals surface area contributed by atoms with Crippen molar-refractivity contribution >= 4 is 11.8 Å². The van der Waals surface area contributed by atoms with Crippen LogP contribution < -0.4 is 0 Å². The number of hydrogen-bond donors (Lipinski definition) is 1. The van der Waals surface area contributed by atoms with Gasteiger partial charge in [-0.15, -0.1) is 0 Å². The molecule has 1 fully saturated rings. The number of piperidine rings is 1. The monoisotopic (exact) mass is 131 g/mol. The van der Waals surface area contributed by atoms with Gasteiger partial charge in [-0.3, -0.25) is 14.8 Å². The molecule has 1 rings (SSSR count). The van der Waals surface area contributed by atoms with Crippen molar-refractivity contribution in [1.29, 1.82) is 0 Å². The summed E-state index contributed by atoms with van der Waals surface area (Å²) in [6.07, 6.45) is -0.673. The molecule has 0 aromatic rings. The number of carbonyl (C=O) groups is 2. The average Bonchev–Trinajstić information content (AvgIpc) is 1.93. The molecule has 0 spiro atoms. The first-order valence-electron chi connectivity index (χ1n) is 3.18. The lowest BCUT2D eigenvalue weighted by molar-refractivity contribution is -0.182. The molecule has 0 bridgehead atoms. The van der Waals surface area contributed by atoms with Crippen molar-refractivity contribution in [2.45, 2.75) is 19.2 Å². The molecule has 0 aromatic heterocycles. The molecule has 9 heavy (non-hydrogen) atoms. The van der Waals surface area contributed by atoms with Gasteiger partial charge in [0.25, 0.3) is 11.8 Å². The Morgan fingerprint density at radius 3 is 2.78 bits per heavy atom. The molecule has 1 saturated heterocycles. The van der Waals surface area contributed by atoms with E-state index in [9.17, 15) is 9.59 Å². The lowest BCUT2D eigenvalue weighted by Crippen LogP contribution is -2.36. The molecule has 0 saturated carbocycles. The molecule has 0 aromatic carbocycles. The number of carbonyl (C=O) groups excluding carboxylic acids is 2. The molecule has 1 atom stereocenters. The summed E-state index contributed by atoms with van der Waals surface area (Å²) in [5, 5.41) is 8.66. The zero-order valence-electron chi connectivity index (χ0n) is 5.70. The minimum atomic E-state index is -0.970. The van der Waals surface area contributed by atoms with Gasteiger partial charge in [-0.05, 0) is 6.42 Å². The Kier molecular flexibility index (Phi) is 1.17. The van der Waals surface area contributed by atoms with Gasteiger partial charge in [0, 0.05) is 14.2 Å². The highest BCUT2D eigenvalue weighted by Crippen LogP contribution is 2.08. The Balaban J connectivity index is 2.70. The van der Waals surface area contributed by atoms with Crippen LogP contribution in [0.4, 0.5) is 0 Å². The van der Waals surface area contributed by atoms with E-state index in [2.05, 4.69) is 0 Å². The van der Waals surface area contributed by atoms with E-state index in [0.717, 1.165) is 0 Å². The van der Waals surface area contributed by atoms with E-state index < -0.39 is 18.2 Å². The molecule has 0 aliphatic carbocycles. The Bertz CT molecular complexity index is 182. The predicted octanol–water partition coefficient (Wildman–Crippen LogP) is -0.0853. The molecular weight excluding hydrogens is 122 g/mol. The largest absolute Gasteiger partial charge is 0.279 e. The first-order chi connectivity index (χ1) is 4.63. The second-order valence-electron chi connectivity index (χ2n) is 1.79. The highest BCUT2D eigenvalue weighted by molar-refractivity contribution is 5.95. The summed E-state index contributed by atoms with van der Waals surface area (Å²) in [7, 11) is 0. The van der Waals surface area contributed by atoms with Gasteiger partial charge in [-0.2, -0.15) is 5.06 Å². The van der Waals surface area contributed by atoms with E-state index >= 15 is 0 Å². The summed E-state index contributed by atoms with van der Waals surface area (Å²) in [5.74, 6) is -1.44. The van der Waals surface area contributed by atoms with Gasteiger partial charge in [-0.1, -0.05) is 0 Å². The quantitative estimate of drug-likeness (QED) is 0.369. The van der Waals surface area contributed by atoms with Crippen LogP contribution in [-0.2, 0) is 9.59 Å². The molecule has 1 aliphatic heterocycles. The lowest BCUT2D eigenvalue weighted by atomic mass is 10.1. The topological polar surface area (TPSA) is 57.6 Å². The van der Waals surface area contributed by atoms with Gasteiger partial charge in [0.1, 0.15) is 0 Å².